The van der Waals surface area contributed by atoms with Crippen LogP contribution in [0, 0.1) is 0 Å². The monoisotopic (exact) mass is 304 g/mol. The van der Waals surface area contributed by atoms with Gasteiger partial charge in [-0.25, -0.2) is 0 Å². The summed E-state index contributed by atoms with van der Waals surface area (Å²) in [4.78, 5) is 8.07. The quantitative estimate of drug-likeness (QED) is 0.378. The van der Waals surface area contributed by atoms with Crippen LogP contribution in [0.2, 0.25) is 0 Å². The third-order valence-electron chi connectivity index (χ3n) is 2.47. The van der Waals surface area contributed by atoms with E-state index in [9.17, 15) is 0 Å². The number of aromatic amines is 2. The summed E-state index contributed by atoms with van der Waals surface area (Å²) in [6.45, 7) is 1.71. The van der Waals surface area contributed by atoms with E-state index in [1.165, 1.54) is 0 Å². The molecule has 0 aliphatic carbocycles. The van der Waals surface area contributed by atoms with E-state index >= 15 is 0 Å². The predicted octanol–water partition coefficient (Wildman–Crippen LogP) is -0.955. The highest BCUT2D eigenvalue weighted by Crippen LogP contribution is 2.08. The number of anilines is 4. The Morgan fingerprint density at radius 1 is 0.818 bits per heavy atom. The third-order valence-corrected chi connectivity index (χ3v) is 2.47. The maximum absolute atomic E-state index is 8.87. The summed E-state index contributed by atoms with van der Waals surface area (Å²) >= 11 is 0. The predicted molar refractivity (Wildman–Crippen MR) is 72.3 cm³/mol. The van der Waals surface area contributed by atoms with Crippen LogP contribution in [0.5, 0.6) is 0 Å². The number of rotatable bonds is 6. The van der Waals surface area contributed by atoms with Gasteiger partial charge in [-0.3, -0.25) is 20.8 Å². The number of H-pyrrole nitrogens is 2. The maximum Gasteiger partial charge on any atom is 0.269 e. The summed E-state index contributed by atoms with van der Waals surface area (Å²) in [5.74, 6) is 1.86. The fourth-order valence-electron chi connectivity index (χ4n) is 1.46. The molecule has 0 saturated carbocycles. The minimum atomic E-state index is -0.245. The van der Waals surface area contributed by atoms with Crippen LogP contribution in [0.25, 0.3) is 0 Å². The molecule has 0 amide bonds. The standard InChI is InChI=1S/C9H12N12O/c1-2-4-10-6(16-14-4)12-8-18-20-9(21-19-8)13-7-11-5(3-22)15-17-7/h22H,2-3H2,1H3,(H2,10,12,14,16,18,19)(H2,11,13,15,17,20,21). The van der Waals surface area contributed by atoms with Crippen molar-refractivity contribution in [2.75, 3.05) is 10.6 Å². The highest BCUT2D eigenvalue weighted by atomic mass is 16.3. The van der Waals surface area contributed by atoms with Crippen molar-refractivity contribution in [3.8, 4) is 0 Å². The molecule has 3 rings (SSSR count). The molecule has 13 nitrogen and oxygen atoms in total. The summed E-state index contributed by atoms with van der Waals surface area (Å²) in [7, 11) is 0. The lowest BCUT2D eigenvalue weighted by Crippen LogP contribution is -2.06. The van der Waals surface area contributed by atoms with Crippen LogP contribution in [0.15, 0.2) is 0 Å². The van der Waals surface area contributed by atoms with E-state index in [1.807, 2.05) is 6.92 Å². The van der Waals surface area contributed by atoms with Crippen molar-refractivity contribution in [2.45, 2.75) is 20.0 Å². The number of nitrogens with zero attached hydrogens (tertiary/aromatic N) is 8. The average Bonchev–Trinajstić information content (AvgIpc) is 3.18. The van der Waals surface area contributed by atoms with Crippen molar-refractivity contribution < 1.29 is 5.11 Å². The molecule has 0 atom stereocenters. The first-order valence-electron chi connectivity index (χ1n) is 6.31. The van der Waals surface area contributed by atoms with Gasteiger partial charge >= 0.3 is 0 Å². The molecule has 0 spiro atoms. The summed E-state index contributed by atoms with van der Waals surface area (Å²) in [5, 5.41) is 42.6. The van der Waals surface area contributed by atoms with E-state index in [2.05, 4.69) is 61.4 Å². The lowest BCUT2D eigenvalue weighted by molar-refractivity contribution is 0.272. The lowest BCUT2D eigenvalue weighted by Gasteiger charge is -1.99. The van der Waals surface area contributed by atoms with Gasteiger partial charge in [-0.1, -0.05) is 6.92 Å². The third kappa shape index (κ3) is 3.09. The Morgan fingerprint density at radius 3 is 1.73 bits per heavy atom. The van der Waals surface area contributed by atoms with Gasteiger partial charge in [-0.05, 0) is 0 Å². The zero-order valence-corrected chi connectivity index (χ0v) is 11.4. The van der Waals surface area contributed by atoms with E-state index in [0.29, 0.717) is 11.8 Å². The van der Waals surface area contributed by atoms with Crippen molar-refractivity contribution in [1.82, 2.24) is 50.8 Å². The van der Waals surface area contributed by atoms with Crippen LogP contribution in [-0.4, -0.2) is 55.9 Å². The summed E-state index contributed by atoms with van der Waals surface area (Å²) in [5.41, 5.74) is 0. The highest BCUT2D eigenvalue weighted by molar-refractivity contribution is 5.43. The first-order chi connectivity index (χ1) is 10.8. The van der Waals surface area contributed by atoms with Gasteiger partial charge in [0.15, 0.2) is 5.82 Å². The van der Waals surface area contributed by atoms with Gasteiger partial charge in [-0.15, -0.1) is 30.6 Å². The SMILES string of the molecule is CCc1nc(Nc2nnc(Nc3n[nH]c(CO)n3)nn2)n[nH]1. The largest absolute Gasteiger partial charge is 0.388 e. The minimum Gasteiger partial charge on any atom is -0.388 e. The summed E-state index contributed by atoms with van der Waals surface area (Å²) in [6.07, 6.45) is 0.737. The van der Waals surface area contributed by atoms with Crippen molar-refractivity contribution >= 4 is 23.8 Å². The van der Waals surface area contributed by atoms with Gasteiger partial charge < -0.3 is 5.11 Å². The first kappa shape index (κ1) is 13.7. The van der Waals surface area contributed by atoms with E-state index in [-0.39, 0.29) is 24.5 Å². The highest BCUT2D eigenvalue weighted by Gasteiger charge is 2.08. The lowest BCUT2D eigenvalue weighted by atomic mass is 10.5. The average molecular weight is 304 g/mol. The zero-order chi connectivity index (χ0) is 15.4. The molecule has 22 heavy (non-hydrogen) atoms. The van der Waals surface area contributed by atoms with Crippen molar-refractivity contribution in [1.29, 1.82) is 0 Å². The first-order valence-corrected chi connectivity index (χ1v) is 6.31. The number of aryl methyl sites for hydroxylation is 1. The number of hydrogen-bond acceptors (Lipinski definition) is 11. The number of hydrogen-bond donors (Lipinski definition) is 5. The molecule has 0 aliphatic heterocycles. The maximum atomic E-state index is 8.87. The van der Waals surface area contributed by atoms with Gasteiger partial charge in [-0.2, -0.15) is 9.97 Å². The number of aromatic nitrogens is 10. The molecule has 0 bridgehead atoms. The van der Waals surface area contributed by atoms with Crippen LogP contribution < -0.4 is 10.6 Å². The topological polar surface area (TPSA) is 179 Å². The molecule has 0 aromatic carbocycles. The summed E-state index contributed by atoms with van der Waals surface area (Å²) in [6, 6.07) is 0. The smallest absolute Gasteiger partial charge is 0.269 e. The zero-order valence-electron chi connectivity index (χ0n) is 11.4. The summed E-state index contributed by atoms with van der Waals surface area (Å²) < 4.78 is 0. The molecular formula is C9H12N12O. The molecule has 114 valence electrons. The van der Waals surface area contributed by atoms with Crippen molar-refractivity contribution in [3.05, 3.63) is 11.6 Å². The Morgan fingerprint density at radius 2 is 1.32 bits per heavy atom. The van der Waals surface area contributed by atoms with E-state index in [4.69, 9.17) is 5.11 Å². The van der Waals surface area contributed by atoms with Gasteiger partial charge in [0.1, 0.15) is 12.4 Å². The second kappa shape index (κ2) is 6.04. The van der Waals surface area contributed by atoms with E-state index in [1.54, 1.807) is 0 Å². The fourth-order valence-corrected chi connectivity index (χ4v) is 1.46. The number of aliphatic hydroxyl groups excluding tert-OH is 1. The van der Waals surface area contributed by atoms with Gasteiger partial charge in [0, 0.05) is 6.42 Å². The van der Waals surface area contributed by atoms with Crippen LogP contribution in [-0.2, 0) is 13.0 Å². The Bertz CT molecular complexity index is 670. The van der Waals surface area contributed by atoms with Crippen LogP contribution >= 0.6 is 0 Å². The molecule has 13 heteroatoms. The van der Waals surface area contributed by atoms with Gasteiger partial charge in [0.2, 0.25) is 11.9 Å². The molecule has 0 fully saturated rings. The second-order valence-corrected chi connectivity index (χ2v) is 4.02. The number of aliphatic hydroxyl groups is 1. The van der Waals surface area contributed by atoms with Crippen LogP contribution in [0.3, 0.4) is 0 Å². The Balaban J connectivity index is 1.64. The molecule has 0 saturated heterocycles. The Kier molecular flexibility index (Phi) is 3.78. The Labute approximate surface area is 123 Å². The Hall–Kier alpha value is -3.22. The molecule has 3 aromatic heterocycles. The molecular weight excluding hydrogens is 292 g/mol. The van der Waals surface area contributed by atoms with E-state index < -0.39 is 0 Å². The van der Waals surface area contributed by atoms with Crippen LogP contribution in [0.1, 0.15) is 18.6 Å². The molecule has 0 radical (unpaired) electrons. The minimum absolute atomic E-state index is 0.110. The van der Waals surface area contributed by atoms with Crippen LogP contribution in [0.4, 0.5) is 23.8 Å². The molecule has 0 unspecified atom stereocenters. The van der Waals surface area contributed by atoms with Crippen molar-refractivity contribution in [2.24, 2.45) is 0 Å². The molecule has 5 N–H and O–H groups in total. The van der Waals surface area contributed by atoms with E-state index in [0.717, 1.165) is 12.2 Å². The fraction of sp³-hybridized carbons (Fsp3) is 0.333. The van der Waals surface area contributed by atoms with Gasteiger partial charge in [0.05, 0.1) is 0 Å². The van der Waals surface area contributed by atoms with Crippen molar-refractivity contribution in [3.63, 3.8) is 0 Å². The molecule has 3 aromatic rings. The second-order valence-electron chi connectivity index (χ2n) is 4.02. The molecule has 0 aliphatic rings. The number of nitrogens with one attached hydrogen (secondary N) is 4. The van der Waals surface area contributed by atoms with Gasteiger partial charge in [0.25, 0.3) is 11.9 Å². The molecule has 3 heterocycles. The normalized spacial score (nSPS) is 10.6.